The molecule has 0 saturated heterocycles. The molecule has 27 heavy (non-hydrogen) atoms. The van der Waals surface area contributed by atoms with Crippen molar-refractivity contribution in [2.75, 3.05) is 22.2 Å². The van der Waals surface area contributed by atoms with Crippen LogP contribution in [0.4, 0.5) is 21.5 Å². The number of halogens is 2. The number of anilines is 3. The predicted octanol–water partition coefficient (Wildman–Crippen LogP) is 3.76. The van der Waals surface area contributed by atoms with Crippen LogP contribution < -0.4 is 15.5 Å². The Morgan fingerprint density at radius 1 is 1.19 bits per heavy atom. The Morgan fingerprint density at radius 3 is 2.81 bits per heavy atom. The van der Waals surface area contributed by atoms with Gasteiger partial charge in [0.15, 0.2) is 0 Å². The van der Waals surface area contributed by atoms with Crippen molar-refractivity contribution in [3.63, 3.8) is 0 Å². The highest BCUT2D eigenvalue weighted by atomic mass is 35.5. The van der Waals surface area contributed by atoms with Gasteiger partial charge in [0, 0.05) is 23.3 Å². The van der Waals surface area contributed by atoms with Crippen LogP contribution in [0, 0.1) is 5.82 Å². The maximum atomic E-state index is 14.8. The van der Waals surface area contributed by atoms with Crippen LogP contribution in [-0.2, 0) is 7.05 Å². The first-order chi connectivity index (χ1) is 13.0. The molecule has 1 atom stereocenters. The third-order valence-corrected chi connectivity index (χ3v) is 5.28. The molecule has 0 bridgehead atoms. The van der Waals surface area contributed by atoms with E-state index in [-0.39, 0.29) is 5.91 Å². The summed E-state index contributed by atoms with van der Waals surface area (Å²) in [6.45, 7) is 0.631. The van der Waals surface area contributed by atoms with E-state index in [9.17, 15) is 9.18 Å². The number of carbonyl (C=O) groups is 1. The summed E-state index contributed by atoms with van der Waals surface area (Å²) in [4.78, 5) is 14.8. The van der Waals surface area contributed by atoms with E-state index in [0.717, 1.165) is 11.4 Å². The zero-order chi connectivity index (χ0) is 18.7. The molecule has 136 valence electrons. The third kappa shape index (κ3) is 2.31. The molecular weight excluding hydrogens is 369 g/mol. The lowest BCUT2D eigenvalue weighted by atomic mass is 10.0. The van der Waals surface area contributed by atoms with Gasteiger partial charge in [0.25, 0.3) is 5.91 Å². The second-order valence-corrected chi connectivity index (χ2v) is 7.01. The molecule has 5 rings (SSSR count). The number of nitrogens with zero attached hydrogens (tertiary/aromatic N) is 3. The number of amides is 1. The summed E-state index contributed by atoms with van der Waals surface area (Å²) in [5.41, 5.74) is 4.08. The number of benzene rings is 2. The molecule has 2 aliphatic rings. The molecule has 1 aromatic heterocycles. The summed E-state index contributed by atoms with van der Waals surface area (Å²) < 4.78 is 16.4. The number of fused-ring (bicyclic) bond motifs is 2. The minimum Gasteiger partial charge on any atom is -0.366 e. The molecule has 0 saturated carbocycles. The molecule has 0 fully saturated rings. The summed E-state index contributed by atoms with van der Waals surface area (Å²) in [6, 6.07) is 9.56. The molecule has 2 aliphatic heterocycles. The molecule has 0 radical (unpaired) electrons. The van der Waals surface area contributed by atoms with E-state index in [1.165, 1.54) is 12.3 Å². The van der Waals surface area contributed by atoms with E-state index < -0.39 is 11.9 Å². The van der Waals surface area contributed by atoms with Crippen LogP contribution in [0.5, 0.6) is 0 Å². The van der Waals surface area contributed by atoms with Crippen LogP contribution in [0.2, 0.25) is 5.02 Å². The van der Waals surface area contributed by atoms with E-state index in [4.69, 9.17) is 11.6 Å². The highest BCUT2D eigenvalue weighted by Crippen LogP contribution is 2.44. The van der Waals surface area contributed by atoms with Gasteiger partial charge in [-0.05, 0) is 30.3 Å². The van der Waals surface area contributed by atoms with Crippen molar-refractivity contribution in [1.82, 2.24) is 9.78 Å². The van der Waals surface area contributed by atoms with Gasteiger partial charge in [0.05, 0.1) is 35.5 Å². The number of carbonyl (C=O) groups excluding carboxylic acids is 1. The van der Waals surface area contributed by atoms with E-state index in [1.807, 2.05) is 18.2 Å². The zero-order valence-electron chi connectivity index (χ0n) is 14.3. The van der Waals surface area contributed by atoms with Crippen LogP contribution in [0.15, 0.2) is 42.6 Å². The van der Waals surface area contributed by atoms with Crippen molar-refractivity contribution in [2.24, 2.45) is 7.05 Å². The standard InChI is InChI=1S/C19H15ClFN5O/c1-25-17-13(8-24-25)19(27)26(11-3-5-15-16(7-11)23-9-22-15)18(17)12-4-2-10(20)6-14(12)21/h2-8,18,22-23H,9H2,1H3. The number of rotatable bonds is 2. The smallest absolute Gasteiger partial charge is 0.262 e. The second kappa shape index (κ2) is 5.72. The summed E-state index contributed by atoms with van der Waals surface area (Å²) in [5.74, 6) is -0.663. The summed E-state index contributed by atoms with van der Waals surface area (Å²) in [6.07, 6.45) is 1.53. The maximum Gasteiger partial charge on any atom is 0.262 e. The fourth-order valence-electron chi connectivity index (χ4n) is 3.80. The normalized spacial score (nSPS) is 17.5. The number of aromatic nitrogens is 2. The molecule has 1 unspecified atom stereocenters. The molecule has 3 aromatic rings. The lowest BCUT2D eigenvalue weighted by Gasteiger charge is -2.27. The number of nitrogens with one attached hydrogen (secondary N) is 2. The molecule has 2 aromatic carbocycles. The largest absolute Gasteiger partial charge is 0.366 e. The lowest BCUT2D eigenvalue weighted by Crippen LogP contribution is -2.30. The highest BCUT2D eigenvalue weighted by molar-refractivity contribution is 6.30. The van der Waals surface area contributed by atoms with Crippen LogP contribution in [0.1, 0.15) is 27.7 Å². The Kier molecular flexibility index (Phi) is 3.42. The van der Waals surface area contributed by atoms with Gasteiger partial charge < -0.3 is 10.6 Å². The first-order valence-corrected chi connectivity index (χ1v) is 8.84. The molecular formula is C19H15ClFN5O. The van der Waals surface area contributed by atoms with Gasteiger partial charge in [-0.25, -0.2) is 4.39 Å². The quantitative estimate of drug-likeness (QED) is 0.707. The maximum absolute atomic E-state index is 14.8. The van der Waals surface area contributed by atoms with E-state index in [2.05, 4.69) is 15.7 Å². The molecule has 8 heteroatoms. The summed E-state index contributed by atoms with van der Waals surface area (Å²) >= 11 is 5.93. The van der Waals surface area contributed by atoms with Crippen LogP contribution >= 0.6 is 11.6 Å². The van der Waals surface area contributed by atoms with Crippen molar-refractivity contribution >= 4 is 34.6 Å². The molecule has 1 amide bonds. The van der Waals surface area contributed by atoms with Crippen molar-refractivity contribution in [3.05, 3.63) is 70.3 Å². The van der Waals surface area contributed by atoms with Crippen LogP contribution in [0.25, 0.3) is 0 Å². The average Bonchev–Trinajstić information content (AvgIpc) is 3.32. The number of hydrogen-bond donors (Lipinski definition) is 2. The third-order valence-electron chi connectivity index (χ3n) is 5.05. The van der Waals surface area contributed by atoms with Crippen molar-refractivity contribution in [1.29, 1.82) is 0 Å². The zero-order valence-corrected chi connectivity index (χ0v) is 15.1. The Balaban J connectivity index is 1.70. The van der Waals surface area contributed by atoms with Gasteiger partial charge in [-0.2, -0.15) is 5.10 Å². The van der Waals surface area contributed by atoms with E-state index in [1.54, 1.807) is 28.8 Å². The Hall–Kier alpha value is -3.06. The fraction of sp³-hybridized carbons (Fsp3) is 0.158. The molecule has 6 nitrogen and oxygen atoms in total. The monoisotopic (exact) mass is 383 g/mol. The number of aryl methyl sites for hydroxylation is 1. The van der Waals surface area contributed by atoms with Crippen molar-refractivity contribution in [2.45, 2.75) is 6.04 Å². The van der Waals surface area contributed by atoms with Gasteiger partial charge in [0.2, 0.25) is 0 Å². The topological polar surface area (TPSA) is 62.2 Å². The Morgan fingerprint density at radius 2 is 2.00 bits per heavy atom. The molecule has 3 heterocycles. The SMILES string of the molecule is Cn1ncc2c1C(c1ccc(Cl)cc1F)N(c1ccc3c(c1)NCN3)C2=O. The lowest BCUT2D eigenvalue weighted by molar-refractivity contribution is 0.0993. The van der Waals surface area contributed by atoms with Crippen molar-refractivity contribution < 1.29 is 9.18 Å². The molecule has 0 aliphatic carbocycles. The van der Waals surface area contributed by atoms with Crippen LogP contribution in [0.3, 0.4) is 0 Å². The van der Waals surface area contributed by atoms with Crippen LogP contribution in [-0.4, -0.2) is 22.4 Å². The highest BCUT2D eigenvalue weighted by Gasteiger charge is 2.43. The van der Waals surface area contributed by atoms with Gasteiger partial charge >= 0.3 is 0 Å². The minimum atomic E-state index is -0.621. The predicted molar refractivity (Wildman–Crippen MR) is 102 cm³/mol. The fourth-order valence-corrected chi connectivity index (χ4v) is 3.96. The second-order valence-electron chi connectivity index (χ2n) is 6.57. The molecule has 2 N–H and O–H groups in total. The number of hydrogen-bond acceptors (Lipinski definition) is 4. The van der Waals surface area contributed by atoms with E-state index >= 15 is 0 Å². The summed E-state index contributed by atoms with van der Waals surface area (Å²) in [7, 11) is 1.75. The average molecular weight is 384 g/mol. The molecule has 0 spiro atoms. The Bertz CT molecular complexity index is 1100. The van der Waals surface area contributed by atoms with Gasteiger partial charge in [-0.15, -0.1) is 0 Å². The van der Waals surface area contributed by atoms with E-state index in [0.29, 0.717) is 34.2 Å². The first kappa shape index (κ1) is 16.1. The van der Waals surface area contributed by atoms with Crippen molar-refractivity contribution in [3.8, 4) is 0 Å². The van der Waals surface area contributed by atoms with Gasteiger partial charge in [0.1, 0.15) is 11.9 Å². The minimum absolute atomic E-state index is 0.205. The first-order valence-electron chi connectivity index (χ1n) is 8.47. The van der Waals surface area contributed by atoms with Gasteiger partial charge in [-0.1, -0.05) is 17.7 Å². The van der Waals surface area contributed by atoms with Gasteiger partial charge in [-0.3, -0.25) is 14.4 Å². The Labute approximate surface area is 159 Å². The summed E-state index contributed by atoms with van der Waals surface area (Å²) in [5, 5.41) is 10.9.